The number of esters is 6. The minimum Gasteiger partial charge on any atom is -0.392 e. The Hall–Kier alpha value is -8.34. The van der Waals surface area contributed by atoms with Crippen LogP contribution in [-0.4, -0.2) is 47.4 Å². The first kappa shape index (κ1) is 36.3. The maximum absolute atomic E-state index is 11.7. The Morgan fingerprint density at radius 2 is 0.949 bits per heavy atom. The lowest BCUT2D eigenvalue weighted by molar-refractivity contribution is -0.153. The molecule has 1 saturated heterocycles. The molecular weight excluding hydrogens is 776 g/mol. The molecule has 1 unspecified atom stereocenters. The lowest BCUT2D eigenvalue weighted by atomic mass is 9.80. The number of ketones is 2. The van der Waals surface area contributed by atoms with Gasteiger partial charge in [-0.05, 0) is 88.6 Å². The van der Waals surface area contributed by atoms with Crippen molar-refractivity contribution in [3.63, 3.8) is 0 Å². The van der Waals surface area contributed by atoms with Crippen molar-refractivity contribution in [1.29, 1.82) is 0 Å². The summed E-state index contributed by atoms with van der Waals surface area (Å²) in [4.78, 5) is 138. The van der Waals surface area contributed by atoms with Crippen LogP contribution in [0.4, 0.5) is 0 Å². The molecule has 11 rings (SSSR count). The Morgan fingerprint density at radius 3 is 1.53 bits per heavy atom. The number of cyclic esters (lactones) is 6. The number of hydrogen-bond acceptors (Lipinski definition) is 17. The normalized spacial score (nSPS) is 17.8. The zero-order chi connectivity index (χ0) is 41.8. The number of Topliss-reactive ketones (excluding diaryl/α,β-unsaturated/α-hetero) is 2. The standard InChI is InChI=1S/C15H6O5.C14H4O6.C13H8O6/c16-12-5-13(17)9-2-7-4-11-10(14(18)20-15(11)19)3-6(7)1-8(9)12;15-11-6-2-1-5-3-8-9(13(17)19-12(8)16)4-7(5)10(6)14(18)20-11;1-13(5-9(14)18-12(13)17)6-2-3-7-8(4-6)11(16)19-10(7)15/h1-4H,5H2;1-4H;2-4H,5H2,1H3. The lowest BCUT2D eigenvalue weighted by Crippen LogP contribution is -2.27. The van der Waals surface area contributed by atoms with Gasteiger partial charge in [0.25, 0.3) is 0 Å². The molecule has 4 aliphatic rings. The van der Waals surface area contributed by atoms with Crippen molar-refractivity contribution >= 4 is 90.5 Å². The van der Waals surface area contributed by atoms with Crippen LogP contribution < -0.4 is 22.5 Å². The van der Waals surface area contributed by atoms with Crippen LogP contribution in [0.2, 0.25) is 0 Å². The van der Waals surface area contributed by atoms with E-state index in [1.807, 2.05) is 0 Å². The van der Waals surface area contributed by atoms with Gasteiger partial charge in [0.2, 0.25) is 0 Å². The first-order chi connectivity index (χ1) is 28.0. The molecule has 1 atom stereocenters. The molecule has 288 valence electrons. The van der Waals surface area contributed by atoms with Crippen LogP contribution in [0.5, 0.6) is 0 Å². The highest BCUT2D eigenvalue weighted by Crippen LogP contribution is 2.37. The zero-order valence-corrected chi connectivity index (χ0v) is 29.7. The van der Waals surface area contributed by atoms with Gasteiger partial charge in [0.15, 0.2) is 11.6 Å². The van der Waals surface area contributed by atoms with Gasteiger partial charge >= 0.3 is 58.3 Å². The summed E-state index contributed by atoms with van der Waals surface area (Å²) in [5.74, 6) is -4.52. The fourth-order valence-electron chi connectivity index (χ4n) is 7.43. The molecule has 0 radical (unpaired) electrons. The van der Waals surface area contributed by atoms with E-state index < -0.39 is 63.7 Å². The van der Waals surface area contributed by atoms with Crippen molar-refractivity contribution in [2.24, 2.45) is 0 Å². The Kier molecular flexibility index (Phi) is 7.74. The number of ether oxygens (including phenoxy) is 3. The minimum atomic E-state index is -1.13. The highest BCUT2D eigenvalue weighted by atomic mass is 16.6. The molecule has 0 bridgehead atoms. The molecule has 17 nitrogen and oxygen atoms in total. The van der Waals surface area contributed by atoms with Crippen LogP contribution in [0.3, 0.4) is 0 Å². The predicted molar refractivity (Wildman–Crippen MR) is 197 cm³/mol. The van der Waals surface area contributed by atoms with Crippen LogP contribution in [0.15, 0.2) is 94.7 Å². The SMILES string of the molecule is CC1(c2ccc3c(c2)C(=O)OC3=O)CC(=O)OC1=O.O=C1CC(=O)c2cc3cc4c(cc3cc21)C(=O)OC4=O.O=c1oc(=O)c2cc3c(ccc4c(=O)oc(=O)c43)cc12. The zero-order valence-electron chi connectivity index (χ0n) is 29.7. The van der Waals surface area contributed by atoms with Crippen LogP contribution in [-0.2, 0) is 29.2 Å². The maximum Gasteiger partial charge on any atom is 0.347 e. The monoisotopic (exact) mass is 794 g/mol. The average molecular weight is 795 g/mol. The third kappa shape index (κ3) is 5.54. The third-order valence-corrected chi connectivity index (χ3v) is 10.5. The average Bonchev–Trinajstić information content (AvgIpc) is 3.98. The molecule has 1 aliphatic carbocycles. The summed E-state index contributed by atoms with van der Waals surface area (Å²) in [6.07, 6.45) is -0.208. The van der Waals surface area contributed by atoms with Crippen molar-refractivity contribution in [2.45, 2.75) is 25.2 Å². The number of furan rings is 2. The predicted octanol–water partition coefficient (Wildman–Crippen LogP) is 3.30. The summed E-state index contributed by atoms with van der Waals surface area (Å²) in [5, 5.41) is 2.73. The second-order valence-corrected chi connectivity index (χ2v) is 14.0. The highest BCUT2D eigenvalue weighted by molar-refractivity contribution is 6.26. The molecule has 0 N–H and O–H groups in total. The molecule has 3 aliphatic heterocycles. The highest BCUT2D eigenvalue weighted by Gasteiger charge is 2.47. The van der Waals surface area contributed by atoms with E-state index in [-0.39, 0.29) is 68.2 Å². The van der Waals surface area contributed by atoms with E-state index in [0.29, 0.717) is 38.2 Å². The molecule has 2 aromatic heterocycles. The van der Waals surface area contributed by atoms with Crippen molar-refractivity contribution in [3.8, 4) is 0 Å². The van der Waals surface area contributed by atoms with Gasteiger partial charge in [-0.2, -0.15) is 0 Å². The molecule has 17 heteroatoms. The number of carbonyl (C=O) groups is 8. The van der Waals surface area contributed by atoms with E-state index in [1.54, 1.807) is 25.1 Å². The van der Waals surface area contributed by atoms with Gasteiger partial charge in [-0.3, -0.25) is 19.2 Å². The van der Waals surface area contributed by atoms with E-state index in [1.165, 1.54) is 48.5 Å². The number of hydrogen-bond donors (Lipinski definition) is 0. The van der Waals surface area contributed by atoms with Crippen LogP contribution >= 0.6 is 0 Å². The van der Waals surface area contributed by atoms with Crippen molar-refractivity contribution in [1.82, 2.24) is 0 Å². The summed E-state index contributed by atoms with van der Waals surface area (Å²) in [5.41, 5.74) is -2.22. The van der Waals surface area contributed by atoms with Crippen molar-refractivity contribution in [2.75, 3.05) is 0 Å². The van der Waals surface area contributed by atoms with Gasteiger partial charge in [-0.15, -0.1) is 0 Å². The summed E-state index contributed by atoms with van der Waals surface area (Å²) >= 11 is 0. The summed E-state index contributed by atoms with van der Waals surface area (Å²) in [7, 11) is 0. The van der Waals surface area contributed by atoms with Gasteiger partial charge in [-0.25, -0.2) is 38.4 Å². The van der Waals surface area contributed by atoms with E-state index in [0.717, 1.165) is 0 Å². The topological polar surface area (TPSA) is 259 Å². The summed E-state index contributed by atoms with van der Waals surface area (Å²) < 4.78 is 22.6. The van der Waals surface area contributed by atoms with Gasteiger partial charge in [0.05, 0.1) is 56.6 Å². The molecule has 5 aromatic carbocycles. The maximum atomic E-state index is 11.7. The van der Waals surface area contributed by atoms with E-state index in [2.05, 4.69) is 23.0 Å². The van der Waals surface area contributed by atoms with Crippen LogP contribution in [0, 0.1) is 0 Å². The van der Waals surface area contributed by atoms with Crippen molar-refractivity contribution < 1.29 is 61.4 Å². The quantitative estimate of drug-likeness (QED) is 0.131. The molecule has 0 amide bonds. The fourth-order valence-corrected chi connectivity index (χ4v) is 7.43. The summed E-state index contributed by atoms with van der Waals surface area (Å²) in [6, 6.07) is 16.5. The Labute approximate surface area is 324 Å². The first-order valence-electron chi connectivity index (χ1n) is 17.3. The van der Waals surface area contributed by atoms with Gasteiger partial charge in [-0.1, -0.05) is 12.1 Å². The largest absolute Gasteiger partial charge is 0.392 e. The molecule has 1 fully saturated rings. The van der Waals surface area contributed by atoms with Gasteiger partial charge < -0.3 is 23.0 Å². The van der Waals surface area contributed by atoms with Gasteiger partial charge in [0.1, 0.15) is 5.41 Å². The molecule has 0 spiro atoms. The van der Waals surface area contributed by atoms with Gasteiger partial charge in [0, 0.05) is 11.1 Å². The van der Waals surface area contributed by atoms with Crippen molar-refractivity contribution in [3.05, 3.63) is 147 Å². The Balaban J connectivity index is 0.000000114. The Morgan fingerprint density at radius 1 is 0.441 bits per heavy atom. The third-order valence-electron chi connectivity index (χ3n) is 10.5. The van der Waals surface area contributed by atoms with E-state index in [9.17, 15) is 57.5 Å². The number of fused-ring (bicyclic) bond motifs is 8. The minimum absolute atomic E-state index is 0.0862. The second kappa shape index (κ2) is 12.6. The van der Waals surface area contributed by atoms with E-state index in [4.69, 9.17) is 0 Å². The summed E-state index contributed by atoms with van der Waals surface area (Å²) in [6.45, 7) is 1.56. The number of carbonyl (C=O) groups excluding carboxylic acids is 8. The molecule has 7 aromatic rings. The first-order valence-corrected chi connectivity index (χ1v) is 17.3. The molecule has 0 saturated carbocycles. The molecule has 5 heterocycles. The molecule has 59 heavy (non-hydrogen) atoms. The second-order valence-electron chi connectivity index (χ2n) is 14.0. The van der Waals surface area contributed by atoms with Crippen LogP contribution in [0.25, 0.3) is 43.1 Å². The number of rotatable bonds is 1. The fraction of sp³-hybridized carbons (Fsp3) is 0.0952. The van der Waals surface area contributed by atoms with E-state index >= 15 is 0 Å². The Bertz CT molecular complexity index is 3310. The number of benzene rings is 5. The molecular formula is C42H18O17. The smallest absolute Gasteiger partial charge is 0.347 e. The lowest BCUT2D eigenvalue weighted by Gasteiger charge is -2.18. The van der Waals surface area contributed by atoms with Crippen LogP contribution in [0.1, 0.15) is 87.5 Å².